The Morgan fingerprint density at radius 2 is 1.59 bits per heavy atom. The zero-order valence-corrected chi connectivity index (χ0v) is 17.7. The highest BCUT2D eigenvalue weighted by Crippen LogP contribution is 2.34. The fourth-order valence-corrected chi connectivity index (χ4v) is 3.35. The van der Waals surface area contributed by atoms with Crippen LogP contribution in [0.5, 0.6) is 0 Å². The number of carbonyl (C=O) groups excluding carboxylic acids is 1. The minimum absolute atomic E-state index is 0.0567. The summed E-state index contributed by atoms with van der Waals surface area (Å²) in [4.78, 5) is 12.1. The van der Waals surface area contributed by atoms with Gasteiger partial charge < -0.3 is 14.9 Å². The topological polar surface area (TPSA) is 66.8 Å². The van der Waals surface area contributed by atoms with Gasteiger partial charge in [-0.25, -0.2) is 0 Å². The number of allylic oxidation sites excluding steroid dienone is 7. The highest BCUT2D eigenvalue weighted by molar-refractivity contribution is 5.98. The Bertz CT molecular complexity index is 633. The Morgan fingerprint density at radius 3 is 2.15 bits per heavy atom. The standard InChI is InChI=1S/C23H36O4/c1-15(2)9-7-10-16(3)11-8-12-17(4)13-14-19-18(5)20(24)23(27-6)22(26)21(19)25/h9,11,13,18-19,21,24-25H,7-8,10,12,14H2,1-6H3/t18-,19-,21+/m0/s1. The monoisotopic (exact) mass is 376 g/mol. The first-order valence-electron chi connectivity index (χ1n) is 9.83. The molecule has 0 bridgehead atoms. The van der Waals surface area contributed by atoms with Crippen LogP contribution in [-0.2, 0) is 9.53 Å². The molecular formula is C23H36O4. The van der Waals surface area contributed by atoms with Gasteiger partial charge in [-0.3, -0.25) is 4.79 Å². The van der Waals surface area contributed by atoms with E-state index in [9.17, 15) is 15.0 Å². The smallest absolute Gasteiger partial charge is 0.229 e. The predicted octanol–water partition coefficient (Wildman–Crippen LogP) is 5.41. The van der Waals surface area contributed by atoms with Crippen LogP contribution in [0.25, 0.3) is 0 Å². The molecule has 0 aromatic carbocycles. The zero-order chi connectivity index (χ0) is 20.6. The van der Waals surface area contributed by atoms with E-state index in [0.29, 0.717) is 6.42 Å². The zero-order valence-electron chi connectivity index (χ0n) is 17.7. The molecular weight excluding hydrogens is 340 g/mol. The molecule has 0 aromatic heterocycles. The van der Waals surface area contributed by atoms with E-state index in [4.69, 9.17) is 4.74 Å². The van der Waals surface area contributed by atoms with Gasteiger partial charge in [0, 0.05) is 11.8 Å². The lowest BCUT2D eigenvalue weighted by atomic mass is 9.77. The molecule has 0 aromatic rings. The second-order valence-corrected chi connectivity index (χ2v) is 7.88. The summed E-state index contributed by atoms with van der Waals surface area (Å²) in [7, 11) is 1.34. The third kappa shape index (κ3) is 7.02. The summed E-state index contributed by atoms with van der Waals surface area (Å²) in [5, 5.41) is 20.5. The van der Waals surface area contributed by atoms with Crippen molar-refractivity contribution in [1.82, 2.24) is 0 Å². The Balaban J connectivity index is 2.58. The van der Waals surface area contributed by atoms with Crippen LogP contribution in [0.3, 0.4) is 0 Å². The summed E-state index contributed by atoms with van der Waals surface area (Å²) >= 11 is 0. The molecule has 0 unspecified atom stereocenters. The lowest BCUT2D eigenvalue weighted by molar-refractivity contribution is -0.132. The van der Waals surface area contributed by atoms with Gasteiger partial charge in [-0.15, -0.1) is 0 Å². The first-order valence-corrected chi connectivity index (χ1v) is 9.83. The van der Waals surface area contributed by atoms with Crippen LogP contribution in [0.1, 0.15) is 66.7 Å². The third-order valence-corrected chi connectivity index (χ3v) is 5.27. The lowest BCUT2D eigenvalue weighted by Gasteiger charge is -2.32. The van der Waals surface area contributed by atoms with Gasteiger partial charge in [-0.2, -0.15) is 0 Å². The SMILES string of the molecule is COC1=C(O)[C@@H](C)[C@H](CC=C(C)CCC=C(C)CCC=C(C)C)[C@@H](O)C1=O. The molecule has 0 fully saturated rings. The molecule has 0 saturated carbocycles. The molecule has 0 aliphatic heterocycles. The van der Waals surface area contributed by atoms with E-state index in [1.165, 1.54) is 23.8 Å². The molecule has 1 aliphatic carbocycles. The van der Waals surface area contributed by atoms with Crippen LogP contribution in [0.2, 0.25) is 0 Å². The van der Waals surface area contributed by atoms with Gasteiger partial charge >= 0.3 is 0 Å². The van der Waals surface area contributed by atoms with Gasteiger partial charge in [0.15, 0.2) is 0 Å². The quantitative estimate of drug-likeness (QED) is 0.528. The Kier molecular flexibility index (Phi) is 9.57. The molecule has 0 heterocycles. The van der Waals surface area contributed by atoms with E-state index >= 15 is 0 Å². The summed E-state index contributed by atoms with van der Waals surface area (Å²) in [5.41, 5.74) is 4.00. The maximum atomic E-state index is 12.1. The second kappa shape index (κ2) is 11.1. The van der Waals surface area contributed by atoms with Crippen molar-refractivity contribution in [2.24, 2.45) is 11.8 Å². The maximum absolute atomic E-state index is 12.1. The van der Waals surface area contributed by atoms with Crippen LogP contribution < -0.4 is 0 Å². The highest BCUT2D eigenvalue weighted by atomic mass is 16.5. The predicted molar refractivity (Wildman–Crippen MR) is 110 cm³/mol. The molecule has 4 heteroatoms. The summed E-state index contributed by atoms with van der Waals surface area (Å²) in [6, 6.07) is 0. The van der Waals surface area contributed by atoms with Crippen molar-refractivity contribution >= 4 is 5.78 Å². The van der Waals surface area contributed by atoms with Crippen molar-refractivity contribution < 1.29 is 19.7 Å². The Morgan fingerprint density at radius 1 is 1.04 bits per heavy atom. The molecule has 0 spiro atoms. The molecule has 2 N–H and O–H groups in total. The maximum Gasteiger partial charge on any atom is 0.229 e. The summed E-state index contributed by atoms with van der Waals surface area (Å²) in [6.45, 7) is 10.3. The average molecular weight is 377 g/mol. The molecule has 3 atom stereocenters. The van der Waals surface area contributed by atoms with Crippen LogP contribution in [0, 0.1) is 11.8 Å². The number of hydrogen-bond donors (Lipinski definition) is 2. The number of aliphatic hydroxyl groups is 2. The number of aliphatic hydroxyl groups excluding tert-OH is 2. The van der Waals surface area contributed by atoms with Gasteiger partial charge in [0.2, 0.25) is 11.5 Å². The normalized spacial score (nSPS) is 24.3. The first-order chi connectivity index (χ1) is 12.7. The van der Waals surface area contributed by atoms with E-state index in [1.54, 1.807) is 0 Å². The molecule has 1 aliphatic rings. The summed E-state index contributed by atoms with van der Waals surface area (Å²) in [6.07, 6.45) is 10.2. The van der Waals surface area contributed by atoms with Crippen molar-refractivity contribution in [2.45, 2.75) is 72.8 Å². The van der Waals surface area contributed by atoms with Gasteiger partial charge in [0.05, 0.1) is 7.11 Å². The Hall–Kier alpha value is -1.81. The number of ketones is 1. The van der Waals surface area contributed by atoms with Crippen molar-refractivity contribution in [1.29, 1.82) is 0 Å². The van der Waals surface area contributed by atoms with Crippen molar-refractivity contribution in [3.8, 4) is 0 Å². The van der Waals surface area contributed by atoms with Crippen LogP contribution in [0.15, 0.2) is 46.5 Å². The molecule has 0 radical (unpaired) electrons. The lowest BCUT2D eigenvalue weighted by Crippen LogP contribution is -2.40. The second-order valence-electron chi connectivity index (χ2n) is 7.88. The number of ether oxygens (including phenoxy) is 1. The van der Waals surface area contributed by atoms with Gasteiger partial charge in [0.1, 0.15) is 11.9 Å². The summed E-state index contributed by atoms with van der Waals surface area (Å²) in [5.74, 6) is -1.33. The minimum Gasteiger partial charge on any atom is -0.508 e. The van der Waals surface area contributed by atoms with Crippen molar-refractivity contribution in [3.05, 3.63) is 46.5 Å². The molecule has 4 nitrogen and oxygen atoms in total. The fraction of sp³-hybridized carbons (Fsp3) is 0.609. The number of methoxy groups -OCH3 is 1. The van der Waals surface area contributed by atoms with E-state index in [-0.39, 0.29) is 23.4 Å². The number of carbonyl (C=O) groups is 1. The van der Waals surface area contributed by atoms with Gasteiger partial charge in [-0.05, 0) is 59.8 Å². The van der Waals surface area contributed by atoms with Crippen LogP contribution in [0.4, 0.5) is 0 Å². The van der Waals surface area contributed by atoms with E-state index in [0.717, 1.165) is 25.7 Å². The molecule has 0 saturated heterocycles. The van der Waals surface area contributed by atoms with Crippen LogP contribution >= 0.6 is 0 Å². The third-order valence-electron chi connectivity index (χ3n) is 5.27. The van der Waals surface area contributed by atoms with E-state index < -0.39 is 11.9 Å². The molecule has 152 valence electrons. The molecule has 1 rings (SSSR count). The fourth-order valence-electron chi connectivity index (χ4n) is 3.35. The van der Waals surface area contributed by atoms with E-state index in [1.807, 2.05) is 6.92 Å². The number of rotatable bonds is 9. The Labute approximate surface area is 164 Å². The molecule has 0 amide bonds. The van der Waals surface area contributed by atoms with Crippen LogP contribution in [-0.4, -0.2) is 29.2 Å². The van der Waals surface area contributed by atoms with Gasteiger partial charge in [0.25, 0.3) is 0 Å². The number of hydrogen-bond acceptors (Lipinski definition) is 4. The van der Waals surface area contributed by atoms with Gasteiger partial charge in [-0.1, -0.05) is 41.9 Å². The summed E-state index contributed by atoms with van der Waals surface area (Å²) < 4.78 is 4.94. The number of Topliss-reactive ketones (excluding diaryl/α,β-unsaturated/α-hetero) is 1. The molecule has 27 heavy (non-hydrogen) atoms. The highest BCUT2D eigenvalue weighted by Gasteiger charge is 2.41. The average Bonchev–Trinajstić information content (AvgIpc) is 2.60. The minimum atomic E-state index is -1.13. The first kappa shape index (κ1) is 23.2. The van der Waals surface area contributed by atoms with E-state index in [2.05, 4.69) is 45.9 Å². The largest absolute Gasteiger partial charge is 0.508 e. The van der Waals surface area contributed by atoms with Crippen molar-refractivity contribution in [2.75, 3.05) is 7.11 Å². The van der Waals surface area contributed by atoms with Crippen molar-refractivity contribution in [3.63, 3.8) is 0 Å².